The molecular weight excluding hydrogens is 899 g/mol. The molecule has 0 heterocycles. The number of aliphatic hydroxyl groups is 2. The minimum absolute atomic E-state index is 0.00226. The Morgan fingerprint density at radius 3 is 0.973 bits per heavy atom. The zero-order chi connectivity index (χ0) is 52.9. The molecule has 0 rings (SSSR count). The molecule has 0 spiro atoms. The number of nitrogens with one attached hydrogen (secondary N) is 1. The Balaban J connectivity index is 3.44. The molecule has 2 atom stereocenters. The van der Waals surface area contributed by atoms with Gasteiger partial charge in [-0.1, -0.05) is 294 Å². The van der Waals surface area contributed by atoms with E-state index in [1.807, 2.05) is 6.08 Å². The molecule has 2 unspecified atom stereocenters. The predicted molar refractivity (Wildman–Crippen MR) is 319 cm³/mol. The van der Waals surface area contributed by atoms with Crippen molar-refractivity contribution in [1.82, 2.24) is 5.32 Å². The van der Waals surface area contributed by atoms with Gasteiger partial charge < -0.3 is 20.3 Å². The number of hydrogen-bond acceptors (Lipinski definition) is 5. The predicted octanol–water partition coefficient (Wildman–Crippen LogP) is 20.8. The van der Waals surface area contributed by atoms with Crippen molar-refractivity contribution in [3.05, 3.63) is 36.5 Å². The lowest BCUT2D eigenvalue weighted by Crippen LogP contribution is -2.45. The SMILES string of the molecule is CCCCCCCCC/C=C\CCCCCCCC(=O)OCCCCCCCCCCCCC/C=C\CCCCCCCCCC(=O)NC(CO)C(O)/C=C/CCCCCCCCCCCCCCCCCC. The highest BCUT2D eigenvalue weighted by Crippen LogP contribution is 2.17. The molecule has 0 aromatic heterocycles. The summed E-state index contributed by atoms with van der Waals surface area (Å²) in [7, 11) is 0. The summed E-state index contributed by atoms with van der Waals surface area (Å²) in [6.07, 6.45) is 79.1. The number of rotatable bonds is 61. The molecule has 73 heavy (non-hydrogen) atoms. The zero-order valence-electron chi connectivity index (χ0n) is 49.1. The van der Waals surface area contributed by atoms with Gasteiger partial charge in [0.15, 0.2) is 0 Å². The number of amides is 1. The molecule has 6 nitrogen and oxygen atoms in total. The average Bonchev–Trinajstić information content (AvgIpc) is 3.39. The van der Waals surface area contributed by atoms with E-state index in [1.54, 1.807) is 6.08 Å². The molecule has 0 radical (unpaired) electrons. The van der Waals surface area contributed by atoms with Gasteiger partial charge in [0, 0.05) is 12.8 Å². The number of unbranched alkanes of at least 4 members (excludes halogenated alkanes) is 46. The molecule has 0 aliphatic rings. The van der Waals surface area contributed by atoms with E-state index in [4.69, 9.17) is 4.74 Å². The van der Waals surface area contributed by atoms with Crippen LogP contribution in [0.1, 0.15) is 354 Å². The largest absolute Gasteiger partial charge is 0.466 e. The Morgan fingerprint density at radius 2 is 0.644 bits per heavy atom. The summed E-state index contributed by atoms with van der Waals surface area (Å²) in [6, 6.07) is -0.634. The first-order chi connectivity index (χ1) is 36.0. The minimum atomic E-state index is -0.850. The summed E-state index contributed by atoms with van der Waals surface area (Å²) in [4.78, 5) is 24.6. The summed E-state index contributed by atoms with van der Waals surface area (Å²) < 4.78 is 5.49. The third-order valence-electron chi connectivity index (χ3n) is 15.1. The molecule has 0 aliphatic heterocycles. The number of carbonyl (C=O) groups excluding carboxylic acids is 2. The van der Waals surface area contributed by atoms with Crippen LogP contribution < -0.4 is 5.32 Å². The van der Waals surface area contributed by atoms with E-state index in [0.717, 1.165) is 51.4 Å². The summed E-state index contributed by atoms with van der Waals surface area (Å²) in [5.41, 5.74) is 0. The lowest BCUT2D eigenvalue weighted by atomic mass is 10.0. The monoisotopic (exact) mass is 1030 g/mol. The normalized spacial score (nSPS) is 12.8. The fourth-order valence-electron chi connectivity index (χ4n) is 10.1. The lowest BCUT2D eigenvalue weighted by molar-refractivity contribution is -0.143. The van der Waals surface area contributed by atoms with Gasteiger partial charge in [0.1, 0.15) is 0 Å². The molecule has 0 bridgehead atoms. The number of esters is 1. The second kappa shape index (κ2) is 62.6. The van der Waals surface area contributed by atoms with E-state index in [0.29, 0.717) is 19.4 Å². The number of hydrogen-bond donors (Lipinski definition) is 3. The summed E-state index contributed by atoms with van der Waals surface area (Å²) in [5, 5.41) is 23.2. The van der Waals surface area contributed by atoms with Gasteiger partial charge in [-0.15, -0.1) is 0 Å². The minimum Gasteiger partial charge on any atom is -0.466 e. The summed E-state index contributed by atoms with van der Waals surface area (Å²) in [5.74, 6) is -0.0706. The van der Waals surface area contributed by atoms with Crippen molar-refractivity contribution < 1.29 is 24.5 Å². The third-order valence-corrected chi connectivity index (χ3v) is 15.1. The smallest absolute Gasteiger partial charge is 0.305 e. The van der Waals surface area contributed by atoms with Gasteiger partial charge in [-0.2, -0.15) is 0 Å². The number of allylic oxidation sites excluding steroid dienone is 5. The summed E-state index contributed by atoms with van der Waals surface area (Å²) in [6.45, 7) is 4.91. The fraction of sp³-hybridized carbons (Fsp3) is 0.881. The van der Waals surface area contributed by atoms with Crippen LogP contribution in [-0.4, -0.2) is 47.4 Å². The van der Waals surface area contributed by atoms with E-state index in [2.05, 4.69) is 43.5 Å². The van der Waals surface area contributed by atoms with Crippen molar-refractivity contribution in [2.45, 2.75) is 366 Å². The molecule has 0 aliphatic carbocycles. The van der Waals surface area contributed by atoms with Gasteiger partial charge in [0.05, 0.1) is 25.4 Å². The average molecular weight is 1030 g/mol. The maximum absolute atomic E-state index is 12.5. The van der Waals surface area contributed by atoms with E-state index < -0.39 is 12.1 Å². The van der Waals surface area contributed by atoms with Crippen LogP contribution >= 0.6 is 0 Å². The zero-order valence-corrected chi connectivity index (χ0v) is 49.1. The van der Waals surface area contributed by atoms with E-state index in [-0.39, 0.29) is 18.5 Å². The fourth-order valence-corrected chi connectivity index (χ4v) is 10.1. The van der Waals surface area contributed by atoms with Crippen LogP contribution in [0.2, 0.25) is 0 Å². The van der Waals surface area contributed by atoms with Crippen molar-refractivity contribution in [1.29, 1.82) is 0 Å². The molecule has 1 amide bonds. The van der Waals surface area contributed by atoms with Gasteiger partial charge in [-0.25, -0.2) is 0 Å². The van der Waals surface area contributed by atoms with E-state index >= 15 is 0 Å². The Morgan fingerprint density at radius 1 is 0.370 bits per heavy atom. The van der Waals surface area contributed by atoms with Crippen molar-refractivity contribution >= 4 is 11.9 Å². The number of carbonyl (C=O) groups is 2. The van der Waals surface area contributed by atoms with Crippen molar-refractivity contribution in [3.63, 3.8) is 0 Å². The molecule has 0 aromatic rings. The molecular formula is C67H127NO5. The topological polar surface area (TPSA) is 95.9 Å². The lowest BCUT2D eigenvalue weighted by Gasteiger charge is -2.20. The second-order valence-corrected chi connectivity index (χ2v) is 22.4. The van der Waals surface area contributed by atoms with Crippen molar-refractivity contribution in [2.75, 3.05) is 13.2 Å². The Bertz CT molecular complexity index is 1180. The van der Waals surface area contributed by atoms with E-state index in [9.17, 15) is 19.8 Å². The van der Waals surface area contributed by atoms with Crippen LogP contribution in [-0.2, 0) is 14.3 Å². The molecule has 0 saturated heterocycles. The Labute approximate surface area is 455 Å². The number of aliphatic hydroxyl groups excluding tert-OH is 2. The molecule has 6 heteroatoms. The van der Waals surface area contributed by atoms with Crippen molar-refractivity contribution in [3.8, 4) is 0 Å². The maximum atomic E-state index is 12.5. The molecule has 0 fully saturated rings. The number of ether oxygens (including phenoxy) is 1. The van der Waals surface area contributed by atoms with Crippen LogP contribution in [0.5, 0.6) is 0 Å². The second-order valence-electron chi connectivity index (χ2n) is 22.4. The van der Waals surface area contributed by atoms with E-state index in [1.165, 1.54) is 276 Å². The molecule has 0 aromatic carbocycles. The van der Waals surface area contributed by atoms with Crippen LogP contribution in [0.15, 0.2) is 36.5 Å². The van der Waals surface area contributed by atoms with Crippen LogP contribution in [0, 0.1) is 0 Å². The summed E-state index contributed by atoms with van der Waals surface area (Å²) >= 11 is 0. The first kappa shape index (κ1) is 71.1. The van der Waals surface area contributed by atoms with Gasteiger partial charge in [0.2, 0.25) is 5.91 Å². The van der Waals surface area contributed by atoms with Crippen molar-refractivity contribution in [2.24, 2.45) is 0 Å². The molecule has 3 N–H and O–H groups in total. The molecule has 430 valence electrons. The van der Waals surface area contributed by atoms with Gasteiger partial charge in [-0.05, 0) is 83.5 Å². The highest BCUT2D eigenvalue weighted by atomic mass is 16.5. The van der Waals surface area contributed by atoms with Crippen LogP contribution in [0.3, 0.4) is 0 Å². The van der Waals surface area contributed by atoms with Gasteiger partial charge in [0.25, 0.3) is 0 Å². The standard InChI is InChI=1S/C67H127NO5/c1-3-5-7-9-11-13-15-17-19-21-28-31-35-39-43-47-51-55-59-65(70)64(63-69)68-66(71)60-56-52-48-44-40-36-32-29-26-24-22-23-25-27-30-34-38-42-46-50-54-58-62-73-67(72)61-57-53-49-45-41-37-33-20-18-16-14-12-10-8-6-4-2/h20,24,26,33,55,59,64-65,69-70H,3-19,21-23,25,27-32,34-54,56-58,60-63H2,1-2H3,(H,68,71)/b26-24-,33-20-,59-55+. The first-order valence-corrected chi connectivity index (χ1v) is 32.8. The maximum Gasteiger partial charge on any atom is 0.305 e. The quantitative estimate of drug-likeness (QED) is 0.0320. The molecule has 0 saturated carbocycles. The highest BCUT2D eigenvalue weighted by molar-refractivity contribution is 5.76. The Hall–Kier alpha value is -1.92. The first-order valence-electron chi connectivity index (χ1n) is 32.8. The van der Waals surface area contributed by atoms with Gasteiger partial charge in [-0.3, -0.25) is 9.59 Å². The highest BCUT2D eigenvalue weighted by Gasteiger charge is 2.18. The van der Waals surface area contributed by atoms with Gasteiger partial charge >= 0.3 is 5.97 Å². The van der Waals surface area contributed by atoms with Crippen LogP contribution in [0.25, 0.3) is 0 Å². The third kappa shape index (κ3) is 59.2. The van der Waals surface area contributed by atoms with Crippen LogP contribution in [0.4, 0.5) is 0 Å². The Kier molecular flexibility index (Phi) is 61.0.